The van der Waals surface area contributed by atoms with Crippen molar-refractivity contribution in [2.24, 2.45) is 0 Å². The average Bonchev–Trinajstić information content (AvgIpc) is 2.77. The number of halogens is 1. The number of amides is 2. The maximum atomic E-state index is 13.4. The molecule has 0 unspecified atom stereocenters. The Morgan fingerprint density at radius 3 is 2.16 bits per heavy atom. The van der Waals surface area contributed by atoms with E-state index in [0.717, 1.165) is 8.61 Å². The van der Waals surface area contributed by atoms with E-state index in [-0.39, 0.29) is 12.5 Å². The number of benzene rings is 2. The standard InChI is InChI=1S/C22H29FN4O4S/c1-5-24-22(29)17(2)26(15-18-11-13-19(23)14-12-18)21(28)16-27(32(30,31)25(3)4)20-9-7-6-8-10-20/h6-14,17H,5,15-16H2,1-4H3,(H,24,29)/t17-/m0/s1. The fourth-order valence-electron chi connectivity index (χ4n) is 3.00. The lowest BCUT2D eigenvalue weighted by Gasteiger charge is -2.32. The molecule has 1 N–H and O–H groups in total. The molecule has 2 rings (SSSR count). The fourth-order valence-corrected chi connectivity index (χ4v) is 4.06. The molecule has 2 aromatic carbocycles. The minimum absolute atomic E-state index is 0.0159. The van der Waals surface area contributed by atoms with Gasteiger partial charge >= 0.3 is 10.2 Å². The van der Waals surface area contributed by atoms with Crippen molar-refractivity contribution in [3.63, 3.8) is 0 Å². The first kappa shape index (κ1) is 25.3. The lowest BCUT2D eigenvalue weighted by Crippen LogP contribution is -2.52. The SMILES string of the molecule is CCNC(=O)[C@H](C)N(Cc1ccc(F)cc1)C(=O)CN(c1ccccc1)S(=O)(=O)N(C)C. The number of hydrogen-bond donors (Lipinski definition) is 1. The highest BCUT2D eigenvalue weighted by Gasteiger charge is 2.32. The van der Waals surface area contributed by atoms with Crippen LogP contribution in [0.1, 0.15) is 19.4 Å². The Balaban J connectivity index is 2.40. The Labute approximate surface area is 188 Å². The monoisotopic (exact) mass is 464 g/mol. The summed E-state index contributed by atoms with van der Waals surface area (Å²) in [5.41, 5.74) is 0.930. The number of likely N-dealkylation sites (N-methyl/N-ethyl adjacent to an activating group) is 1. The van der Waals surface area contributed by atoms with Gasteiger partial charge < -0.3 is 10.2 Å². The highest BCUT2D eigenvalue weighted by molar-refractivity contribution is 7.90. The number of para-hydroxylation sites is 1. The Kier molecular flexibility index (Phi) is 8.73. The first-order valence-corrected chi connectivity index (χ1v) is 11.5. The van der Waals surface area contributed by atoms with Crippen molar-refractivity contribution >= 4 is 27.7 Å². The molecule has 0 aromatic heterocycles. The quantitative estimate of drug-likeness (QED) is 0.582. The van der Waals surface area contributed by atoms with Crippen molar-refractivity contribution in [1.82, 2.24) is 14.5 Å². The maximum Gasteiger partial charge on any atom is 0.304 e. The lowest BCUT2D eigenvalue weighted by molar-refractivity contribution is -0.139. The molecule has 10 heteroatoms. The number of hydrogen-bond acceptors (Lipinski definition) is 4. The average molecular weight is 465 g/mol. The van der Waals surface area contributed by atoms with Gasteiger partial charge in [0, 0.05) is 27.2 Å². The van der Waals surface area contributed by atoms with Crippen LogP contribution in [0.25, 0.3) is 0 Å². The highest BCUT2D eigenvalue weighted by atomic mass is 32.2. The summed E-state index contributed by atoms with van der Waals surface area (Å²) in [6.45, 7) is 3.22. The highest BCUT2D eigenvalue weighted by Crippen LogP contribution is 2.20. The largest absolute Gasteiger partial charge is 0.355 e. The van der Waals surface area contributed by atoms with Crippen LogP contribution in [-0.4, -0.2) is 62.7 Å². The molecule has 32 heavy (non-hydrogen) atoms. The molecule has 2 amide bonds. The molecule has 0 heterocycles. The van der Waals surface area contributed by atoms with Crippen molar-refractivity contribution in [2.75, 3.05) is 31.5 Å². The molecule has 0 spiro atoms. The van der Waals surface area contributed by atoms with Crippen LogP contribution in [0.5, 0.6) is 0 Å². The molecule has 0 fully saturated rings. The Morgan fingerprint density at radius 2 is 1.62 bits per heavy atom. The zero-order chi connectivity index (χ0) is 23.9. The van der Waals surface area contributed by atoms with Gasteiger partial charge in [-0.05, 0) is 43.7 Å². The summed E-state index contributed by atoms with van der Waals surface area (Å²) in [5.74, 6) is -1.36. The Hall–Kier alpha value is -2.98. The third-order valence-corrected chi connectivity index (χ3v) is 6.67. The van der Waals surface area contributed by atoms with Crippen LogP contribution in [0.15, 0.2) is 54.6 Å². The molecule has 0 aliphatic carbocycles. The van der Waals surface area contributed by atoms with Gasteiger partial charge in [-0.1, -0.05) is 30.3 Å². The van der Waals surface area contributed by atoms with Gasteiger partial charge in [0.15, 0.2) is 0 Å². The second kappa shape index (κ2) is 11.1. The summed E-state index contributed by atoms with van der Waals surface area (Å²) < 4.78 is 41.2. The minimum Gasteiger partial charge on any atom is -0.355 e. The molecule has 174 valence electrons. The van der Waals surface area contributed by atoms with Gasteiger partial charge in [0.1, 0.15) is 18.4 Å². The molecule has 0 aliphatic heterocycles. The van der Waals surface area contributed by atoms with Gasteiger partial charge in [0.05, 0.1) is 5.69 Å². The molecular formula is C22H29FN4O4S. The van der Waals surface area contributed by atoms with Crippen LogP contribution >= 0.6 is 0 Å². The third-order valence-electron chi connectivity index (χ3n) is 4.85. The first-order chi connectivity index (χ1) is 15.1. The number of rotatable bonds is 10. The van der Waals surface area contributed by atoms with Crippen molar-refractivity contribution in [3.05, 3.63) is 66.0 Å². The predicted molar refractivity (Wildman–Crippen MR) is 121 cm³/mol. The number of carbonyl (C=O) groups is 2. The smallest absolute Gasteiger partial charge is 0.304 e. The molecule has 0 saturated carbocycles. The molecule has 0 saturated heterocycles. The van der Waals surface area contributed by atoms with E-state index in [1.807, 2.05) is 0 Å². The van der Waals surface area contributed by atoms with E-state index < -0.39 is 34.5 Å². The van der Waals surface area contributed by atoms with Gasteiger partial charge in [0.2, 0.25) is 11.8 Å². The summed E-state index contributed by atoms with van der Waals surface area (Å²) >= 11 is 0. The summed E-state index contributed by atoms with van der Waals surface area (Å²) in [6, 6.07) is 13.0. The molecule has 0 aliphatic rings. The topological polar surface area (TPSA) is 90.0 Å². The predicted octanol–water partition coefficient (Wildman–Crippen LogP) is 1.99. The molecule has 0 radical (unpaired) electrons. The number of carbonyl (C=O) groups excluding carboxylic acids is 2. The van der Waals surface area contributed by atoms with E-state index in [4.69, 9.17) is 0 Å². The van der Waals surface area contributed by atoms with E-state index in [1.54, 1.807) is 44.2 Å². The van der Waals surface area contributed by atoms with Gasteiger partial charge in [-0.25, -0.2) is 8.70 Å². The van der Waals surface area contributed by atoms with Crippen molar-refractivity contribution in [2.45, 2.75) is 26.4 Å². The van der Waals surface area contributed by atoms with E-state index in [0.29, 0.717) is 17.8 Å². The van der Waals surface area contributed by atoms with E-state index in [2.05, 4.69) is 5.32 Å². The van der Waals surface area contributed by atoms with Gasteiger partial charge in [-0.15, -0.1) is 0 Å². The van der Waals surface area contributed by atoms with Crippen LogP contribution in [0, 0.1) is 5.82 Å². The molecule has 8 nitrogen and oxygen atoms in total. The fraction of sp³-hybridized carbons (Fsp3) is 0.364. The molecule has 2 aromatic rings. The Morgan fingerprint density at radius 1 is 1.03 bits per heavy atom. The van der Waals surface area contributed by atoms with Crippen LogP contribution in [0.2, 0.25) is 0 Å². The van der Waals surface area contributed by atoms with Gasteiger partial charge in [0.25, 0.3) is 0 Å². The summed E-state index contributed by atoms with van der Waals surface area (Å²) in [7, 11) is -1.23. The number of nitrogens with zero attached hydrogens (tertiary/aromatic N) is 3. The zero-order valence-corrected chi connectivity index (χ0v) is 19.5. The first-order valence-electron chi connectivity index (χ1n) is 10.1. The number of nitrogens with one attached hydrogen (secondary N) is 1. The molecular weight excluding hydrogens is 435 g/mol. The molecule has 1 atom stereocenters. The zero-order valence-electron chi connectivity index (χ0n) is 18.7. The normalized spacial score (nSPS) is 12.3. The van der Waals surface area contributed by atoms with Crippen molar-refractivity contribution in [1.29, 1.82) is 0 Å². The molecule has 0 bridgehead atoms. The second-order valence-electron chi connectivity index (χ2n) is 7.35. The van der Waals surface area contributed by atoms with E-state index in [9.17, 15) is 22.4 Å². The van der Waals surface area contributed by atoms with E-state index >= 15 is 0 Å². The van der Waals surface area contributed by atoms with Gasteiger partial charge in [-0.3, -0.25) is 9.59 Å². The Bertz CT molecular complexity index is 1010. The van der Waals surface area contributed by atoms with E-state index in [1.165, 1.54) is 43.3 Å². The lowest BCUT2D eigenvalue weighted by atomic mass is 10.1. The summed E-state index contributed by atoms with van der Waals surface area (Å²) in [5, 5.41) is 2.68. The maximum absolute atomic E-state index is 13.4. The number of anilines is 1. The van der Waals surface area contributed by atoms with Gasteiger partial charge in [-0.2, -0.15) is 12.7 Å². The summed E-state index contributed by atoms with van der Waals surface area (Å²) in [4.78, 5) is 27.1. The van der Waals surface area contributed by atoms with Crippen LogP contribution in [-0.2, 0) is 26.3 Å². The third kappa shape index (κ3) is 6.27. The van der Waals surface area contributed by atoms with Crippen molar-refractivity contribution in [3.8, 4) is 0 Å². The second-order valence-corrected chi connectivity index (χ2v) is 9.42. The van der Waals surface area contributed by atoms with Crippen molar-refractivity contribution < 1.29 is 22.4 Å². The van der Waals surface area contributed by atoms with Crippen LogP contribution < -0.4 is 9.62 Å². The van der Waals surface area contributed by atoms with Crippen LogP contribution in [0.3, 0.4) is 0 Å². The summed E-state index contributed by atoms with van der Waals surface area (Å²) in [6.07, 6.45) is 0. The minimum atomic E-state index is -3.99. The van der Waals surface area contributed by atoms with Crippen LogP contribution in [0.4, 0.5) is 10.1 Å².